The Morgan fingerprint density at radius 1 is 1.36 bits per heavy atom. The Hall–Kier alpha value is -2.44. The van der Waals surface area contributed by atoms with Crippen molar-refractivity contribution in [2.45, 2.75) is 39.5 Å². The first kappa shape index (κ1) is 14.5. The standard InChI is InChI=1S/C15H17FN4O2/c1-15(2,3)22-14(21)20-7-9-4-5-12(16)18-13(9)10-6-17-19-11(10)8-20/h4-6H,7-8H2,1-3H3,(H,17,19). The van der Waals surface area contributed by atoms with Gasteiger partial charge in [0.05, 0.1) is 30.7 Å². The van der Waals surface area contributed by atoms with Gasteiger partial charge >= 0.3 is 6.09 Å². The number of hydrogen-bond donors (Lipinski definition) is 1. The third-order valence-electron chi connectivity index (χ3n) is 3.28. The Morgan fingerprint density at radius 2 is 2.14 bits per heavy atom. The van der Waals surface area contributed by atoms with Gasteiger partial charge in [-0.15, -0.1) is 0 Å². The summed E-state index contributed by atoms with van der Waals surface area (Å²) in [6, 6.07) is 2.92. The smallest absolute Gasteiger partial charge is 0.410 e. The molecule has 1 aliphatic rings. The van der Waals surface area contributed by atoms with Gasteiger partial charge in [-0.3, -0.25) is 10.00 Å². The molecular weight excluding hydrogens is 287 g/mol. The zero-order valence-corrected chi connectivity index (χ0v) is 12.7. The molecule has 3 rings (SSSR count). The number of ether oxygens (including phenoxy) is 1. The van der Waals surface area contributed by atoms with Gasteiger partial charge in [-0.2, -0.15) is 9.49 Å². The number of hydrogen-bond acceptors (Lipinski definition) is 4. The maximum atomic E-state index is 13.5. The van der Waals surface area contributed by atoms with Crippen LogP contribution in [-0.2, 0) is 17.8 Å². The molecule has 116 valence electrons. The largest absolute Gasteiger partial charge is 0.444 e. The second kappa shape index (κ2) is 5.08. The summed E-state index contributed by atoms with van der Waals surface area (Å²) in [7, 11) is 0. The number of carbonyl (C=O) groups is 1. The zero-order chi connectivity index (χ0) is 15.9. The molecule has 0 spiro atoms. The van der Waals surface area contributed by atoms with Gasteiger partial charge in [0.2, 0.25) is 5.95 Å². The average molecular weight is 304 g/mol. The Bertz CT molecular complexity index is 721. The van der Waals surface area contributed by atoms with E-state index in [1.165, 1.54) is 6.07 Å². The van der Waals surface area contributed by atoms with Gasteiger partial charge in [0.25, 0.3) is 0 Å². The number of H-pyrrole nitrogens is 1. The average Bonchev–Trinajstić information content (AvgIpc) is 2.80. The highest BCUT2D eigenvalue weighted by molar-refractivity contribution is 5.72. The highest BCUT2D eigenvalue weighted by atomic mass is 19.1. The summed E-state index contributed by atoms with van der Waals surface area (Å²) in [5.74, 6) is -0.559. The number of halogens is 1. The minimum absolute atomic E-state index is 0.306. The fraction of sp³-hybridized carbons (Fsp3) is 0.400. The Labute approximate surface area is 127 Å². The van der Waals surface area contributed by atoms with E-state index in [0.29, 0.717) is 30.0 Å². The van der Waals surface area contributed by atoms with Gasteiger partial charge < -0.3 is 4.74 Å². The van der Waals surface area contributed by atoms with Crippen molar-refractivity contribution >= 4 is 6.09 Å². The van der Waals surface area contributed by atoms with Crippen LogP contribution in [0.25, 0.3) is 11.3 Å². The molecule has 0 bridgehead atoms. The zero-order valence-electron chi connectivity index (χ0n) is 12.7. The SMILES string of the molecule is CC(C)(C)OC(=O)N1Cc2ccc(F)nc2-c2cn[nH]c2C1. The van der Waals surface area contributed by atoms with Crippen molar-refractivity contribution in [1.29, 1.82) is 0 Å². The lowest BCUT2D eigenvalue weighted by Crippen LogP contribution is -2.35. The van der Waals surface area contributed by atoms with E-state index in [-0.39, 0.29) is 0 Å². The predicted octanol–water partition coefficient (Wildman–Crippen LogP) is 2.86. The van der Waals surface area contributed by atoms with E-state index in [1.54, 1.807) is 17.2 Å². The second-order valence-corrected chi connectivity index (χ2v) is 6.24. The first-order valence-corrected chi connectivity index (χ1v) is 6.99. The predicted molar refractivity (Wildman–Crippen MR) is 77.3 cm³/mol. The van der Waals surface area contributed by atoms with E-state index in [0.717, 1.165) is 5.56 Å². The van der Waals surface area contributed by atoms with Crippen LogP contribution in [0.5, 0.6) is 0 Å². The van der Waals surface area contributed by atoms with E-state index in [2.05, 4.69) is 15.2 Å². The third-order valence-corrected chi connectivity index (χ3v) is 3.28. The Balaban J connectivity index is 1.99. The van der Waals surface area contributed by atoms with Crippen molar-refractivity contribution in [3.8, 4) is 11.3 Å². The fourth-order valence-corrected chi connectivity index (χ4v) is 2.37. The molecular formula is C15H17FN4O2. The van der Waals surface area contributed by atoms with Crippen LogP contribution in [0.15, 0.2) is 18.3 Å². The molecule has 0 aliphatic carbocycles. The van der Waals surface area contributed by atoms with Gasteiger partial charge in [-0.05, 0) is 32.4 Å². The van der Waals surface area contributed by atoms with Crippen molar-refractivity contribution in [1.82, 2.24) is 20.1 Å². The topological polar surface area (TPSA) is 71.1 Å². The summed E-state index contributed by atoms with van der Waals surface area (Å²) in [5, 5.41) is 6.82. The minimum Gasteiger partial charge on any atom is -0.444 e. The van der Waals surface area contributed by atoms with E-state index >= 15 is 0 Å². The van der Waals surface area contributed by atoms with Crippen molar-refractivity contribution in [2.24, 2.45) is 0 Å². The van der Waals surface area contributed by atoms with Crippen molar-refractivity contribution in [3.63, 3.8) is 0 Å². The molecule has 0 saturated heterocycles. The summed E-state index contributed by atoms with van der Waals surface area (Å²) < 4.78 is 18.9. The molecule has 0 aromatic carbocycles. The van der Waals surface area contributed by atoms with Crippen molar-refractivity contribution < 1.29 is 13.9 Å². The van der Waals surface area contributed by atoms with Crippen LogP contribution in [0, 0.1) is 5.95 Å². The summed E-state index contributed by atoms with van der Waals surface area (Å²) >= 11 is 0. The van der Waals surface area contributed by atoms with Crippen LogP contribution < -0.4 is 0 Å². The first-order valence-electron chi connectivity index (χ1n) is 6.99. The first-order chi connectivity index (χ1) is 10.3. The monoisotopic (exact) mass is 304 g/mol. The molecule has 0 radical (unpaired) electrons. The number of aromatic amines is 1. The van der Waals surface area contributed by atoms with Crippen LogP contribution >= 0.6 is 0 Å². The van der Waals surface area contributed by atoms with Crippen LogP contribution in [0.4, 0.5) is 9.18 Å². The molecule has 1 amide bonds. The maximum Gasteiger partial charge on any atom is 0.410 e. The molecule has 2 aromatic heterocycles. The number of fused-ring (bicyclic) bond motifs is 3. The Morgan fingerprint density at radius 3 is 2.86 bits per heavy atom. The number of rotatable bonds is 0. The number of aromatic nitrogens is 3. The summed E-state index contributed by atoms with van der Waals surface area (Å²) in [4.78, 5) is 17.8. The highest BCUT2D eigenvalue weighted by Crippen LogP contribution is 2.30. The molecule has 1 N–H and O–H groups in total. The molecule has 6 nitrogen and oxygen atoms in total. The molecule has 2 aromatic rings. The molecule has 7 heteroatoms. The van der Waals surface area contributed by atoms with Crippen LogP contribution in [0.1, 0.15) is 32.0 Å². The highest BCUT2D eigenvalue weighted by Gasteiger charge is 2.28. The summed E-state index contributed by atoms with van der Waals surface area (Å²) in [6.45, 7) is 6.06. The molecule has 3 heterocycles. The van der Waals surface area contributed by atoms with E-state index in [9.17, 15) is 9.18 Å². The number of pyridine rings is 1. The molecule has 22 heavy (non-hydrogen) atoms. The number of amides is 1. The lowest BCUT2D eigenvalue weighted by Gasteiger charge is -2.26. The van der Waals surface area contributed by atoms with E-state index in [4.69, 9.17) is 4.74 Å². The molecule has 0 unspecified atom stereocenters. The molecule has 0 atom stereocenters. The summed E-state index contributed by atoms with van der Waals surface area (Å²) in [6.07, 6.45) is 1.17. The van der Waals surface area contributed by atoms with E-state index < -0.39 is 17.6 Å². The molecule has 0 saturated carbocycles. The van der Waals surface area contributed by atoms with Crippen LogP contribution in [0.3, 0.4) is 0 Å². The quantitative estimate of drug-likeness (QED) is 0.760. The van der Waals surface area contributed by atoms with Crippen LogP contribution in [-0.4, -0.2) is 31.8 Å². The fourth-order valence-electron chi connectivity index (χ4n) is 2.37. The van der Waals surface area contributed by atoms with Gasteiger partial charge in [-0.25, -0.2) is 9.78 Å². The van der Waals surface area contributed by atoms with Gasteiger partial charge in [0.1, 0.15) is 5.60 Å². The normalized spacial score (nSPS) is 14.1. The maximum absolute atomic E-state index is 13.5. The molecule has 1 aliphatic heterocycles. The van der Waals surface area contributed by atoms with Crippen molar-refractivity contribution in [3.05, 3.63) is 35.5 Å². The van der Waals surface area contributed by atoms with Crippen LogP contribution in [0.2, 0.25) is 0 Å². The second-order valence-electron chi connectivity index (χ2n) is 6.24. The van der Waals surface area contributed by atoms with Gasteiger partial charge in [-0.1, -0.05) is 6.07 Å². The van der Waals surface area contributed by atoms with Gasteiger partial charge in [0.15, 0.2) is 0 Å². The van der Waals surface area contributed by atoms with Crippen molar-refractivity contribution in [2.75, 3.05) is 0 Å². The Kier molecular flexibility index (Phi) is 3.35. The third kappa shape index (κ3) is 2.79. The number of nitrogens with one attached hydrogen (secondary N) is 1. The van der Waals surface area contributed by atoms with E-state index in [1.807, 2.05) is 20.8 Å². The number of nitrogens with zero attached hydrogens (tertiary/aromatic N) is 3. The lowest BCUT2D eigenvalue weighted by molar-refractivity contribution is 0.0216. The number of carbonyl (C=O) groups excluding carboxylic acids is 1. The minimum atomic E-state index is -0.579. The summed E-state index contributed by atoms with van der Waals surface area (Å²) in [5.41, 5.74) is 2.11. The lowest BCUT2D eigenvalue weighted by atomic mass is 10.1. The molecule has 0 fully saturated rings. The van der Waals surface area contributed by atoms with Gasteiger partial charge in [0, 0.05) is 5.56 Å².